The number of rotatable bonds is 14. The summed E-state index contributed by atoms with van der Waals surface area (Å²) in [6.45, 7) is 10.0. The molecule has 0 radical (unpaired) electrons. The fourth-order valence-corrected chi connectivity index (χ4v) is 1.64. The average molecular weight is 260 g/mol. The number of nitrogens with one attached hydrogen (secondary N) is 4. The van der Waals surface area contributed by atoms with Gasteiger partial charge in [0, 0.05) is 65.4 Å². The van der Waals surface area contributed by atoms with E-state index in [0.717, 1.165) is 58.9 Å². The molecule has 0 aromatic heterocycles. The molecule has 0 saturated carbocycles. The molecule has 0 aliphatic rings. The van der Waals surface area contributed by atoms with E-state index >= 15 is 0 Å². The summed E-state index contributed by atoms with van der Waals surface area (Å²) >= 11 is 0. The highest BCUT2D eigenvalue weighted by atomic mass is 15.2. The normalized spacial score (nSPS) is 11.3. The van der Waals surface area contributed by atoms with Gasteiger partial charge in [0.25, 0.3) is 0 Å². The third-order valence-corrected chi connectivity index (χ3v) is 2.76. The minimum absolute atomic E-state index is 0.710. The van der Waals surface area contributed by atoms with Gasteiger partial charge in [0.05, 0.1) is 0 Å². The van der Waals surface area contributed by atoms with Gasteiger partial charge < -0.3 is 27.0 Å². The topological polar surface area (TPSA) is 77.4 Å². The van der Waals surface area contributed by atoms with E-state index in [1.807, 2.05) is 14.1 Å². The summed E-state index contributed by atoms with van der Waals surface area (Å²) in [5.74, 6) is 0. The van der Waals surface area contributed by atoms with E-state index in [1.54, 1.807) is 0 Å². The molecular formula is C12H32N6. The van der Waals surface area contributed by atoms with Crippen molar-refractivity contribution in [1.29, 1.82) is 0 Å². The Labute approximate surface area is 112 Å². The van der Waals surface area contributed by atoms with Crippen molar-refractivity contribution in [2.24, 2.45) is 5.73 Å². The molecule has 6 nitrogen and oxygen atoms in total. The summed E-state index contributed by atoms with van der Waals surface area (Å²) < 4.78 is 0. The van der Waals surface area contributed by atoms with E-state index < -0.39 is 0 Å². The molecule has 0 bridgehead atoms. The molecule has 0 aliphatic carbocycles. The maximum Gasteiger partial charge on any atom is 0.0108 e. The fourth-order valence-electron chi connectivity index (χ4n) is 1.64. The van der Waals surface area contributed by atoms with Crippen molar-refractivity contribution in [3.8, 4) is 0 Å². The second kappa shape index (κ2) is 14.8. The smallest absolute Gasteiger partial charge is 0.0108 e. The standard InChI is InChI=1S/C12H32N6/c1-14-7-10-18(11-8-15-2)12-9-17-6-5-16-4-3-13/h14-17H,3-13H2,1-2H3. The van der Waals surface area contributed by atoms with E-state index in [1.165, 1.54) is 0 Å². The number of nitrogens with zero attached hydrogens (tertiary/aromatic N) is 1. The van der Waals surface area contributed by atoms with Crippen LogP contribution in [-0.2, 0) is 0 Å². The van der Waals surface area contributed by atoms with Crippen LogP contribution in [0.4, 0.5) is 0 Å². The average Bonchev–Trinajstić information content (AvgIpc) is 2.40. The highest BCUT2D eigenvalue weighted by molar-refractivity contribution is 4.63. The van der Waals surface area contributed by atoms with Crippen LogP contribution in [0.1, 0.15) is 0 Å². The molecule has 0 unspecified atom stereocenters. The number of nitrogens with two attached hydrogens (primary N) is 1. The molecule has 110 valence electrons. The molecule has 0 amide bonds. The SMILES string of the molecule is CNCCN(CCNC)CCNCCNCCN. The minimum Gasteiger partial charge on any atom is -0.329 e. The molecule has 0 saturated heterocycles. The molecule has 0 spiro atoms. The molecule has 0 aliphatic heterocycles. The zero-order chi connectivity index (χ0) is 13.5. The van der Waals surface area contributed by atoms with Crippen molar-refractivity contribution in [2.75, 3.05) is 79.5 Å². The first-order valence-corrected chi connectivity index (χ1v) is 6.98. The second-order valence-electron chi connectivity index (χ2n) is 4.34. The van der Waals surface area contributed by atoms with E-state index in [0.29, 0.717) is 6.54 Å². The minimum atomic E-state index is 0.710. The Bertz CT molecular complexity index is 148. The molecule has 18 heavy (non-hydrogen) atoms. The van der Waals surface area contributed by atoms with Crippen molar-refractivity contribution in [3.05, 3.63) is 0 Å². The van der Waals surface area contributed by atoms with E-state index in [9.17, 15) is 0 Å². The molecule has 0 aromatic carbocycles. The van der Waals surface area contributed by atoms with E-state index in [4.69, 9.17) is 5.73 Å². The molecule has 6 heteroatoms. The third kappa shape index (κ3) is 12.2. The Morgan fingerprint density at radius 1 is 0.722 bits per heavy atom. The first-order valence-electron chi connectivity index (χ1n) is 6.98. The maximum absolute atomic E-state index is 5.40. The predicted molar refractivity (Wildman–Crippen MR) is 79.1 cm³/mol. The predicted octanol–water partition coefficient (Wildman–Crippen LogP) is -2.13. The molecule has 0 heterocycles. The third-order valence-electron chi connectivity index (χ3n) is 2.76. The summed E-state index contributed by atoms with van der Waals surface area (Å²) in [5.41, 5.74) is 5.40. The molecule has 0 rings (SSSR count). The Morgan fingerprint density at radius 3 is 1.72 bits per heavy atom. The summed E-state index contributed by atoms with van der Waals surface area (Å²) in [6, 6.07) is 0. The monoisotopic (exact) mass is 260 g/mol. The maximum atomic E-state index is 5.40. The van der Waals surface area contributed by atoms with Crippen molar-refractivity contribution in [2.45, 2.75) is 0 Å². The van der Waals surface area contributed by atoms with Gasteiger partial charge in [-0.2, -0.15) is 0 Å². The number of hydrogen-bond acceptors (Lipinski definition) is 6. The van der Waals surface area contributed by atoms with Crippen LogP contribution in [0.15, 0.2) is 0 Å². The molecule has 0 atom stereocenters. The number of likely N-dealkylation sites (N-methyl/N-ethyl adjacent to an activating group) is 2. The zero-order valence-electron chi connectivity index (χ0n) is 12.1. The first-order chi connectivity index (χ1) is 8.85. The van der Waals surface area contributed by atoms with Gasteiger partial charge >= 0.3 is 0 Å². The Morgan fingerprint density at radius 2 is 1.22 bits per heavy atom. The lowest BCUT2D eigenvalue weighted by molar-refractivity contribution is 0.276. The molecule has 6 N–H and O–H groups in total. The Hall–Kier alpha value is -0.240. The van der Waals surface area contributed by atoms with Gasteiger partial charge in [-0.25, -0.2) is 0 Å². The molecule has 0 aromatic rings. The van der Waals surface area contributed by atoms with Gasteiger partial charge in [-0.05, 0) is 14.1 Å². The van der Waals surface area contributed by atoms with Crippen molar-refractivity contribution < 1.29 is 0 Å². The van der Waals surface area contributed by atoms with E-state index in [-0.39, 0.29) is 0 Å². The number of hydrogen-bond donors (Lipinski definition) is 5. The Kier molecular flexibility index (Phi) is 14.6. The highest BCUT2D eigenvalue weighted by Crippen LogP contribution is 1.85. The zero-order valence-corrected chi connectivity index (χ0v) is 12.1. The lowest BCUT2D eigenvalue weighted by atomic mass is 10.4. The summed E-state index contributed by atoms with van der Waals surface area (Å²) in [7, 11) is 4.00. The van der Waals surface area contributed by atoms with Gasteiger partial charge in [0.2, 0.25) is 0 Å². The van der Waals surface area contributed by atoms with Gasteiger partial charge in [0.15, 0.2) is 0 Å². The summed E-state index contributed by atoms with van der Waals surface area (Å²) in [6.07, 6.45) is 0. The molecule has 0 fully saturated rings. The highest BCUT2D eigenvalue weighted by Gasteiger charge is 2.02. The summed E-state index contributed by atoms with van der Waals surface area (Å²) in [5, 5.41) is 13.1. The van der Waals surface area contributed by atoms with Gasteiger partial charge in [-0.1, -0.05) is 0 Å². The van der Waals surface area contributed by atoms with Crippen LogP contribution in [0, 0.1) is 0 Å². The molecular weight excluding hydrogens is 228 g/mol. The van der Waals surface area contributed by atoms with Crippen LogP contribution in [-0.4, -0.2) is 84.4 Å². The first kappa shape index (κ1) is 17.8. The Balaban J connectivity index is 3.43. The lowest BCUT2D eigenvalue weighted by Gasteiger charge is -2.22. The second-order valence-corrected chi connectivity index (χ2v) is 4.34. The lowest BCUT2D eigenvalue weighted by Crippen LogP contribution is -2.40. The van der Waals surface area contributed by atoms with Crippen LogP contribution in [0.2, 0.25) is 0 Å². The largest absolute Gasteiger partial charge is 0.329 e. The van der Waals surface area contributed by atoms with Crippen LogP contribution in [0.3, 0.4) is 0 Å². The van der Waals surface area contributed by atoms with Gasteiger partial charge in [-0.15, -0.1) is 0 Å². The van der Waals surface area contributed by atoms with Crippen LogP contribution in [0.5, 0.6) is 0 Å². The quantitative estimate of drug-likeness (QED) is 0.230. The van der Waals surface area contributed by atoms with Crippen LogP contribution >= 0.6 is 0 Å². The van der Waals surface area contributed by atoms with Gasteiger partial charge in [0.1, 0.15) is 0 Å². The fraction of sp³-hybridized carbons (Fsp3) is 1.00. The van der Waals surface area contributed by atoms with Crippen molar-refractivity contribution >= 4 is 0 Å². The van der Waals surface area contributed by atoms with E-state index in [2.05, 4.69) is 26.2 Å². The van der Waals surface area contributed by atoms with Crippen molar-refractivity contribution in [3.63, 3.8) is 0 Å². The van der Waals surface area contributed by atoms with Crippen LogP contribution < -0.4 is 27.0 Å². The van der Waals surface area contributed by atoms with Gasteiger partial charge in [-0.3, -0.25) is 4.90 Å². The van der Waals surface area contributed by atoms with Crippen LogP contribution in [0.25, 0.3) is 0 Å². The van der Waals surface area contributed by atoms with Crippen molar-refractivity contribution in [1.82, 2.24) is 26.2 Å². The summed E-state index contributed by atoms with van der Waals surface area (Å²) in [4.78, 5) is 2.47.